The second-order valence-electron chi connectivity index (χ2n) is 6.15. The molecule has 1 aromatic carbocycles. The molecule has 3 rings (SSSR count). The van der Waals surface area contributed by atoms with Crippen LogP contribution in [0.15, 0.2) is 35.9 Å². The number of ether oxygens (including phenoxy) is 1. The molecule has 0 radical (unpaired) electrons. The van der Waals surface area contributed by atoms with Crippen LogP contribution in [0.5, 0.6) is 5.75 Å². The van der Waals surface area contributed by atoms with Gasteiger partial charge in [0, 0.05) is 18.5 Å². The minimum Gasteiger partial charge on any atom is -0.484 e. The number of likely N-dealkylation sites (tertiary alicyclic amines) is 1. The third-order valence-corrected chi connectivity index (χ3v) is 4.45. The molecule has 1 spiro atoms. The van der Waals surface area contributed by atoms with Gasteiger partial charge in [-0.2, -0.15) is 0 Å². The summed E-state index contributed by atoms with van der Waals surface area (Å²) in [6.07, 6.45) is 3.84. The van der Waals surface area contributed by atoms with Gasteiger partial charge in [0.25, 0.3) is 0 Å². The van der Waals surface area contributed by atoms with E-state index in [4.69, 9.17) is 4.74 Å². The van der Waals surface area contributed by atoms with E-state index < -0.39 is 5.60 Å². The Kier molecular flexibility index (Phi) is 3.77. The largest absolute Gasteiger partial charge is 0.484 e. The van der Waals surface area contributed by atoms with Crippen LogP contribution in [0.1, 0.15) is 43.5 Å². The summed E-state index contributed by atoms with van der Waals surface area (Å²) in [5, 5.41) is 0. The Balaban J connectivity index is 1.79. The lowest BCUT2D eigenvalue weighted by molar-refractivity contribution is -0.126. The first-order valence-electron chi connectivity index (χ1n) is 7.82. The predicted molar refractivity (Wildman–Crippen MR) is 84.0 cm³/mol. The second kappa shape index (κ2) is 5.59. The first kappa shape index (κ1) is 14.8. The molecule has 22 heavy (non-hydrogen) atoms. The lowest BCUT2D eigenvalue weighted by Crippen LogP contribution is -2.45. The monoisotopic (exact) mass is 299 g/mol. The average Bonchev–Trinajstić information content (AvgIpc) is 2.90. The molecule has 1 amide bonds. The average molecular weight is 299 g/mol. The number of allylic oxidation sites excluding steroid dienone is 1. The predicted octanol–water partition coefficient (Wildman–Crippen LogP) is 2.98. The summed E-state index contributed by atoms with van der Waals surface area (Å²) in [4.78, 5) is 26.6. The molecule has 0 bridgehead atoms. The molecular formula is C18H21NO3. The standard InChI is InChI=1S/C18H21NO3/c1-3-6-13(2)17(21)19-10-9-18(12-19)11-15(20)14-7-4-5-8-16(14)22-18/h4-8H,3,9-12H2,1-2H3. The van der Waals surface area contributed by atoms with Gasteiger partial charge in [-0.25, -0.2) is 0 Å². The summed E-state index contributed by atoms with van der Waals surface area (Å²) in [6.45, 7) is 4.99. The number of hydrogen-bond donors (Lipinski definition) is 0. The van der Waals surface area contributed by atoms with E-state index in [1.807, 2.05) is 43.0 Å². The van der Waals surface area contributed by atoms with Crippen LogP contribution in [-0.4, -0.2) is 35.3 Å². The number of rotatable bonds is 2. The first-order chi connectivity index (χ1) is 10.5. The SMILES string of the molecule is CCC=C(C)C(=O)N1CCC2(CC(=O)c3ccccc3O2)C1. The van der Waals surface area contributed by atoms with E-state index in [0.717, 1.165) is 12.0 Å². The normalized spacial score (nSPS) is 24.4. The van der Waals surface area contributed by atoms with Crippen molar-refractivity contribution in [3.8, 4) is 5.75 Å². The fourth-order valence-corrected chi connectivity index (χ4v) is 3.33. The van der Waals surface area contributed by atoms with Crippen LogP contribution in [0, 0.1) is 0 Å². The van der Waals surface area contributed by atoms with E-state index in [1.54, 1.807) is 6.07 Å². The van der Waals surface area contributed by atoms with Crippen molar-refractivity contribution in [2.75, 3.05) is 13.1 Å². The molecule has 4 nitrogen and oxygen atoms in total. The third kappa shape index (κ3) is 2.54. The smallest absolute Gasteiger partial charge is 0.249 e. The van der Waals surface area contributed by atoms with Gasteiger partial charge in [0.05, 0.1) is 18.5 Å². The molecule has 2 heterocycles. The van der Waals surface area contributed by atoms with E-state index in [1.165, 1.54) is 0 Å². The van der Waals surface area contributed by atoms with Crippen molar-refractivity contribution in [2.45, 2.75) is 38.7 Å². The van der Waals surface area contributed by atoms with Gasteiger partial charge in [-0.3, -0.25) is 9.59 Å². The number of para-hydroxylation sites is 1. The second-order valence-corrected chi connectivity index (χ2v) is 6.15. The summed E-state index contributed by atoms with van der Waals surface area (Å²) < 4.78 is 6.14. The number of fused-ring (bicyclic) bond motifs is 1. The molecule has 1 atom stereocenters. The van der Waals surface area contributed by atoms with Gasteiger partial charge in [-0.15, -0.1) is 0 Å². The number of carbonyl (C=O) groups excluding carboxylic acids is 2. The van der Waals surface area contributed by atoms with Crippen LogP contribution in [0.4, 0.5) is 0 Å². The Labute approximate surface area is 130 Å². The summed E-state index contributed by atoms with van der Waals surface area (Å²) in [5.41, 5.74) is 0.871. The molecule has 2 aliphatic rings. The number of benzene rings is 1. The van der Waals surface area contributed by atoms with E-state index in [-0.39, 0.29) is 11.7 Å². The molecule has 0 aromatic heterocycles. The topological polar surface area (TPSA) is 46.6 Å². The van der Waals surface area contributed by atoms with Gasteiger partial charge < -0.3 is 9.64 Å². The van der Waals surface area contributed by atoms with Gasteiger partial charge >= 0.3 is 0 Å². The highest BCUT2D eigenvalue weighted by Crippen LogP contribution is 2.38. The molecule has 0 saturated carbocycles. The summed E-state index contributed by atoms with van der Waals surface area (Å²) in [5.74, 6) is 0.805. The zero-order valence-corrected chi connectivity index (χ0v) is 13.1. The fraction of sp³-hybridized carbons (Fsp3) is 0.444. The van der Waals surface area contributed by atoms with Crippen molar-refractivity contribution in [1.82, 2.24) is 4.90 Å². The Bertz CT molecular complexity index is 649. The van der Waals surface area contributed by atoms with Crippen molar-refractivity contribution >= 4 is 11.7 Å². The quantitative estimate of drug-likeness (QED) is 0.789. The van der Waals surface area contributed by atoms with Crippen molar-refractivity contribution < 1.29 is 14.3 Å². The molecule has 116 valence electrons. The lowest BCUT2D eigenvalue weighted by atomic mass is 9.89. The molecule has 1 unspecified atom stereocenters. The molecular weight excluding hydrogens is 278 g/mol. The van der Waals surface area contributed by atoms with Crippen LogP contribution in [0.2, 0.25) is 0 Å². The Morgan fingerprint density at radius 2 is 2.18 bits per heavy atom. The van der Waals surface area contributed by atoms with E-state index >= 15 is 0 Å². The fourth-order valence-electron chi connectivity index (χ4n) is 3.33. The Hall–Kier alpha value is -2.10. The summed E-state index contributed by atoms with van der Waals surface area (Å²) in [6, 6.07) is 7.36. The first-order valence-corrected chi connectivity index (χ1v) is 7.82. The number of amides is 1. The van der Waals surface area contributed by atoms with E-state index in [9.17, 15) is 9.59 Å². The van der Waals surface area contributed by atoms with Gasteiger partial charge in [-0.1, -0.05) is 25.1 Å². The van der Waals surface area contributed by atoms with E-state index in [0.29, 0.717) is 37.2 Å². The minimum atomic E-state index is -0.548. The van der Waals surface area contributed by atoms with Crippen LogP contribution >= 0.6 is 0 Å². The zero-order valence-electron chi connectivity index (χ0n) is 13.1. The molecule has 1 saturated heterocycles. The molecule has 4 heteroatoms. The van der Waals surface area contributed by atoms with Crippen molar-refractivity contribution in [2.24, 2.45) is 0 Å². The van der Waals surface area contributed by atoms with Crippen molar-refractivity contribution in [3.63, 3.8) is 0 Å². The van der Waals surface area contributed by atoms with Gasteiger partial charge in [0.2, 0.25) is 5.91 Å². The Morgan fingerprint density at radius 3 is 2.95 bits per heavy atom. The number of hydrogen-bond acceptors (Lipinski definition) is 3. The van der Waals surface area contributed by atoms with Gasteiger partial charge in [0.15, 0.2) is 5.78 Å². The van der Waals surface area contributed by atoms with Crippen LogP contribution in [0.3, 0.4) is 0 Å². The van der Waals surface area contributed by atoms with E-state index in [2.05, 4.69) is 0 Å². The molecule has 0 N–H and O–H groups in total. The highest BCUT2D eigenvalue weighted by molar-refractivity contribution is 6.00. The van der Waals surface area contributed by atoms with Crippen molar-refractivity contribution in [3.05, 3.63) is 41.5 Å². The molecule has 1 fully saturated rings. The number of nitrogens with zero attached hydrogens (tertiary/aromatic N) is 1. The number of ketones is 1. The highest BCUT2D eigenvalue weighted by atomic mass is 16.5. The Morgan fingerprint density at radius 1 is 1.41 bits per heavy atom. The van der Waals surface area contributed by atoms with Crippen LogP contribution in [0.25, 0.3) is 0 Å². The summed E-state index contributed by atoms with van der Waals surface area (Å²) >= 11 is 0. The summed E-state index contributed by atoms with van der Waals surface area (Å²) in [7, 11) is 0. The van der Waals surface area contributed by atoms with Crippen LogP contribution < -0.4 is 4.74 Å². The minimum absolute atomic E-state index is 0.0497. The molecule has 1 aromatic rings. The number of Topliss-reactive ketones (excluding diaryl/α,β-unsaturated/α-hetero) is 1. The van der Waals surface area contributed by atoms with Gasteiger partial charge in [0.1, 0.15) is 11.4 Å². The van der Waals surface area contributed by atoms with Crippen molar-refractivity contribution in [1.29, 1.82) is 0 Å². The third-order valence-electron chi connectivity index (χ3n) is 4.45. The highest BCUT2D eigenvalue weighted by Gasteiger charge is 2.46. The van der Waals surface area contributed by atoms with Gasteiger partial charge in [-0.05, 0) is 25.5 Å². The maximum Gasteiger partial charge on any atom is 0.249 e. The maximum atomic E-state index is 12.4. The molecule has 0 aliphatic carbocycles. The maximum absolute atomic E-state index is 12.4. The molecule has 2 aliphatic heterocycles. The zero-order chi connectivity index (χ0) is 15.7. The number of carbonyl (C=O) groups is 2. The lowest BCUT2D eigenvalue weighted by Gasteiger charge is -2.34. The van der Waals surface area contributed by atoms with Crippen LogP contribution in [-0.2, 0) is 4.79 Å².